The van der Waals surface area contributed by atoms with Gasteiger partial charge in [-0.1, -0.05) is 19.8 Å². The number of aromatic nitrogens is 3. The van der Waals surface area contributed by atoms with Gasteiger partial charge in [-0.05, 0) is 25.8 Å². The molecule has 0 aliphatic heterocycles. The van der Waals surface area contributed by atoms with Crippen molar-refractivity contribution >= 4 is 0 Å². The van der Waals surface area contributed by atoms with E-state index in [0.29, 0.717) is 6.04 Å². The van der Waals surface area contributed by atoms with E-state index in [2.05, 4.69) is 29.2 Å². The Balaban J connectivity index is 1.92. The highest BCUT2D eigenvalue weighted by molar-refractivity contribution is 4.92. The smallest absolute Gasteiger partial charge is 0.138 e. The van der Waals surface area contributed by atoms with Crippen LogP contribution < -0.4 is 5.32 Å². The van der Waals surface area contributed by atoms with Gasteiger partial charge in [-0.2, -0.15) is 5.10 Å². The fraction of sp³-hybridized carbons (Fsp3) is 0.833. The van der Waals surface area contributed by atoms with Crippen LogP contribution in [0.3, 0.4) is 0 Å². The summed E-state index contributed by atoms with van der Waals surface area (Å²) in [5.74, 6) is 2.08. The standard InChI is InChI=1S/C12H22N4/c1-3-13-11(7-10-5-6-10)8-12-14-9-15-16(12)4-2/h9-11,13H,3-8H2,1-2H3. The van der Waals surface area contributed by atoms with Gasteiger partial charge < -0.3 is 5.32 Å². The molecule has 16 heavy (non-hydrogen) atoms. The lowest BCUT2D eigenvalue weighted by Crippen LogP contribution is -2.32. The second-order valence-electron chi connectivity index (χ2n) is 4.63. The lowest BCUT2D eigenvalue weighted by molar-refractivity contribution is 0.446. The lowest BCUT2D eigenvalue weighted by Gasteiger charge is -2.17. The average Bonchev–Trinajstić information content (AvgIpc) is 2.96. The van der Waals surface area contributed by atoms with Crippen molar-refractivity contribution in [3.05, 3.63) is 12.2 Å². The zero-order valence-electron chi connectivity index (χ0n) is 10.3. The van der Waals surface area contributed by atoms with Gasteiger partial charge in [0.15, 0.2) is 0 Å². The molecule has 0 bridgehead atoms. The predicted molar refractivity (Wildman–Crippen MR) is 64.2 cm³/mol. The Morgan fingerprint density at radius 2 is 2.31 bits per heavy atom. The third-order valence-corrected chi connectivity index (χ3v) is 3.23. The van der Waals surface area contributed by atoms with Crippen molar-refractivity contribution < 1.29 is 0 Å². The third kappa shape index (κ3) is 3.04. The van der Waals surface area contributed by atoms with Gasteiger partial charge in [0.05, 0.1) is 0 Å². The van der Waals surface area contributed by atoms with Gasteiger partial charge in [-0.3, -0.25) is 4.68 Å². The SMILES string of the molecule is CCNC(Cc1ncnn1CC)CC1CC1. The summed E-state index contributed by atoms with van der Waals surface area (Å²) in [6, 6.07) is 0.576. The second kappa shape index (κ2) is 5.43. The molecule has 1 aromatic heterocycles. The number of nitrogens with zero attached hydrogens (tertiary/aromatic N) is 3. The lowest BCUT2D eigenvalue weighted by atomic mass is 10.1. The van der Waals surface area contributed by atoms with Gasteiger partial charge in [0.1, 0.15) is 12.2 Å². The summed E-state index contributed by atoms with van der Waals surface area (Å²) in [6.45, 7) is 6.24. The number of likely N-dealkylation sites (N-methyl/N-ethyl adjacent to an activating group) is 1. The topological polar surface area (TPSA) is 42.7 Å². The summed E-state index contributed by atoms with van der Waals surface area (Å²) in [7, 11) is 0. The molecule has 1 unspecified atom stereocenters. The summed E-state index contributed by atoms with van der Waals surface area (Å²) in [6.07, 6.45) is 6.81. The Kier molecular flexibility index (Phi) is 3.93. The van der Waals surface area contributed by atoms with E-state index >= 15 is 0 Å². The second-order valence-corrected chi connectivity index (χ2v) is 4.63. The summed E-state index contributed by atoms with van der Waals surface area (Å²) < 4.78 is 2.00. The van der Waals surface area contributed by atoms with Gasteiger partial charge in [0.2, 0.25) is 0 Å². The molecule has 1 aromatic rings. The number of aryl methyl sites for hydroxylation is 1. The molecule has 90 valence electrons. The van der Waals surface area contributed by atoms with Crippen molar-refractivity contribution in [2.45, 2.75) is 52.1 Å². The van der Waals surface area contributed by atoms with Crippen molar-refractivity contribution in [1.29, 1.82) is 0 Å². The van der Waals surface area contributed by atoms with E-state index < -0.39 is 0 Å². The Morgan fingerprint density at radius 3 is 2.94 bits per heavy atom. The molecule has 4 heteroatoms. The maximum atomic E-state index is 4.35. The molecule has 1 aliphatic rings. The van der Waals surface area contributed by atoms with Crippen LogP contribution in [0.1, 0.15) is 38.9 Å². The molecule has 0 amide bonds. The van der Waals surface area contributed by atoms with E-state index in [-0.39, 0.29) is 0 Å². The first-order valence-corrected chi connectivity index (χ1v) is 6.43. The minimum Gasteiger partial charge on any atom is -0.314 e. The van der Waals surface area contributed by atoms with Crippen LogP contribution in [0.15, 0.2) is 6.33 Å². The Morgan fingerprint density at radius 1 is 1.50 bits per heavy atom. The van der Waals surface area contributed by atoms with E-state index in [4.69, 9.17) is 0 Å². The predicted octanol–water partition coefficient (Wildman–Crippen LogP) is 1.62. The number of nitrogens with one attached hydrogen (secondary N) is 1. The molecule has 2 rings (SSSR count). The van der Waals surface area contributed by atoms with Crippen LogP contribution in [0.25, 0.3) is 0 Å². The molecule has 1 atom stereocenters. The van der Waals surface area contributed by atoms with Crippen LogP contribution in [-0.4, -0.2) is 27.4 Å². The van der Waals surface area contributed by atoms with Gasteiger partial charge >= 0.3 is 0 Å². The molecule has 1 N–H and O–H groups in total. The number of rotatable bonds is 7. The van der Waals surface area contributed by atoms with Crippen LogP contribution in [0.4, 0.5) is 0 Å². The molecule has 4 nitrogen and oxygen atoms in total. The van der Waals surface area contributed by atoms with Crippen molar-refractivity contribution in [3.63, 3.8) is 0 Å². The molecule has 1 saturated carbocycles. The van der Waals surface area contributed by atoms with E-state index in [1.54, 1.807) is 6.33 Å². The molecule has 0 spiro atoms. The van der Waals surface area contributed by atoms with Crippen molar-refractivity contribution in [3.8, 4) is 0 Å². The normalized spacial score (nSPS) is 17.6. The van der Waals surface area contributed by atoms with Crippen LogP contribution in [0.5, 0.6) is 0 Å². The molecule has 0 aromatic carbocycles. The fourth-order valence-electron chi connectivity index (χ4n) is 2.21. The largest absolute Gasteiger partial charge is 0.314 e. The zero-order valence-corrected chi connectivity index (χ0v) is 10.3. The Labute approximate surface area is 97.5 Å². The first-order valence-electron chi connectivity index (χ1n) is 6.43. The van der Waals surface area contributed by atoms with E-state index in [0.717, 1.165) is 31.3 Å². The molecule has 0 radical (unpaired) electrons. The van der Waals surface area contributed by atoms with E-state index in [1.165, 1.54) is 19.3 Å². The van der Waals surface area contributed by atoms with Crippen LogP contribution >= 0.6 is 0 Å². The molecular weight excluding hydrogens is 200 g/mol. The highest BCUT2D eigenvalue weighted by Gasteiger charge is 2.25. The average molecular weight is 222 g/mol. The minimum absolute atomic E-state index is 0.576. The molecule has 1 heterocycles. The molecule has 0 saturated heterocycles. The molecular formula is C12H22N4. The fourth-order valence-corrected chi connectivity index (χ4v) is 2.21. The first-order chi connectivity index (χ1) is 7.83. The Hall–Kier alpha value is -0.900. The van der Waals surface area contributed by atoms with Crippen LogP contribution in [0.2, 0.25) is 0 Å². The minimum atomic E-state index is 0.576. The number of hydrogen-bond acceptors (Lipinski definition) is 3. The summed E-state index contributed by atoms with van der Waals surface area (Å²) in [4.78, 5) is 4.35. The van der Waals surface area contributed by atoms with E-state index in [1.807, 2.05) is 4.68 Å². The maximum absolute atomic E-state index is 4.35. The van der Waals surface area contributed by atoms with Gasteiger partial charge in [0, 0.05) is 19.0 Å². The monoisotopic (exact) mass is 222 g/mol. The van der Waals surface area contributed by atoms with Crippen LogP contribution in [0, 0.1) is 5.92 Å². The number of hydrogen-bond donors (Lipinski definition) is 1. The third-order valence-electron chi connectivity index (χ3n) is 3.23. The zero-order chi connectivity index (χ0) is 11.4. The Bertz CT molecular complexity index is 317. The van der Waals surface area contributed by atoms with Gasteiger partial charge in [-0.25, -0.2) is 4.98 Å². The summed E-state index contributed by atoms with van der Waals surface area (Å²) in [5.41, 5.74) is 0. The van der Waals surface area contributed by atoms with Gasteiger partial charge in [-0.15, -0.1) is 0 Å². The molecule has 1 fully saturated rings. The maximum Gasteiger partial charge on any atom is 0.138 e. The van der Waals surface area contributed by atoms with Crippen molar-refractivity contribution in [2.75, 3.05) is 6.54 Å². The summed E-state index contributed by atoms with van der Waals surface area (Å²) in [5, 5.41) is 7.78. The summed E-state index contributed by atoms with van der Waals surface area (Å²) >= 11 is 0. The molecule has 1 aliphatic carbocycles. The quantitative estimate of drug-likeness (QED) is 0.762. The van der Waals surface area contributed by atoms with Crippen LogP contribution in [-0.2, 0) is 13.0 Å². The van der Waals surface area contributed by atoms with E-state index in [9.17, 15) is 0 Å². The highest BCUT2D eigenvalue weighted by atomic mass is 15.3. The van der Waals surface area contributed by atoms with Crippen molar-refractivity contribution in [1.82, 2.24) is 20.1 Å². The van der Waals surface area contributed by atoms with Gasteiger partial charge in [0.25, 0.3) is 0 Å². The first kappa shape index (κ1) is 11.6. The highest BCUT2D eigenvalue weighted by Crippen LogP contribution is 2.33. The van der Waals surface area contributed by atoms with Crippen molar-refractivity contribution in [2.24, 2.45) is 5.92 Å².